The number of hydrogen-bond donors (Lipinski definition) is 1. The SMILES string of the molecule is O=C(Nc1cccc(C#Cc2ccccn2)c1)c1ccc(N2CCCCCC2=O)cc1. The molecule has 1 saturated heterocycles. The van der Waals surface area contributed by atoms with E-state index >= 15 is 0 Å². The summed E-state index contributed by atoms with van der Waals surface area (Å²) >= 11 is 0. The van der Waals surface area contributed by atoms with Crippen molar-refractivity contribution < 1.29 is 9.59 Å². The molecule has 1 aliphatic rings. The maximum absolute atomic E-state index is 12.7. The van der Waals surface area contributed by atoms with Crippen LogP contribution in [-0.4, -0.2) is 23.3 Å². The van der Waals surface area contributed by atoms with Gasteiger partial charge in [0, 0.05) is 41.7 Å². The van der Waals surface area contributed by atoms with Crippen LogP contribution in [0.5, 0.6) is 0 Å². The van der Waals surface area contributed by atoms with Gasteiger partial charge in [0.15, 0.2) is 0 Å². The summed E-state index contributed by atoms with van der Waals surface area (Å²) in [6, 6.07) is 20.2. The molecule has 2 amide bonds. The predicted molar refractivity (Wildman–Crippen MR) is 122 cm³/mol. The average Bonchev–Trinajstić information content (AvgIpc) is 3.03. The van der Waals surface area contributed by atoms with E-state index in [1.54, 1.807) is 18.3 Å². The number of benzene rings is 2. The van der Waals surface area contributed by atoms with E-state index in [4.69, 9.17) is 0 Å². The minimum Gasteiger partial charge on any atom is -0.322 e. The first kappa shape index (κ1) is 20.4. The van der Waals surface area contributed by atoms with Gasteiger partial charge in [-0.3, -0.25) is 9.59 Å². The monoisotopic (exact) mass is 409 g/mol. The van der Waals surface area contributed by atoms with Crippen LogP contribution in [0.4, 0.5) is 11.4 Å². The summed E-state index contributed by atoms with van der Waals surface area (Å²) in [6.45, 7) is 0.733. The van der Waals surface area contributed by atoms with Crippen molar-refractivity contribution in [3.63, 3.8) is 0 Å². The lowest BCUT2D eigenvalue weighted by molar-refractivity contribution is -0.118. The molecule has 1 fully saturated rings. The highest BCUT2D eigenvalue weighted by atomic mass is 16.2. The summed E-state index contributed by atoms with van der Waals surface area (Å²) in [5.41, 5.74) is 3.54. The Balaban J connectivity index is 1.44. The largest absolute Gasteiger partial charge is 0.322 e. The Morgan fingerprint density at radius 2 is 1.81 bits per heavy atom. The fourth-order valence-corrected chi connectivity index (χ4v) is 3.50. The van der Waals surface area contributed by atoms with Crippen molar-refractivity contribution in [2.75, 3.05) is 16.8 Å². The van der Waals surface area contributed by atoms with E-state index in [-0.39, 0.29) is 11.8 Å². The molecule has 2 aromatic carbocycles. The van der Waals surface area contributed by atoms with E-state index in [1.165, 1.54) is 0 Å². The highest BCUT2D eigenvalue weighted by Gasteiger charge is 2.18. The Bertz CT molecular complexity index is 1130. The first-order valence-electron chi connectivity index (χ1n) is 10.4. The number of hydrogen-bond acceptors (Lipinski definition) is 3. The Hall–Kier alpha value is -3.91. The third kappa shape index (κ3) is 5.37. The molecule has 0 spiro atoms. The number of pyridine rings is 1. The lowest BCUT2D eigenvalue weighted by atomic mass is 10.1. The number of nitrogens with one attached hydrogen (secondary N) is 1. The van der Waals surface area contributed by atoms with Crippen molar-refractivity contribution in [3.8, 4) is 11.8 Å². The number of carbonyl (C=O) groups is 2. The predicted octanol–water partition coefficient (Wildman–Crippen LogP) is 4.64. The molecule has 4 rings (SSSR count). The molecule has 0 saturated carbocycles. The number of amides is 2. The van der Waals surface area contributed by atoms with Crippen molar-refractivity contribution in [1.82, 2.24) is 4.98 Å². The van der Waals surface area contributed by atoms with Crippen LogP contribution in [0, 0.1) is 11.8 Å². The number of nitrogens with zero attached hydrogens (tertiary/aromatic N) is 2. The van der Waals surface area contributed by atoms with Crippen LogP contribution in [0.2, 0.25) is 0 Å². The molecule has 0 aliphatic carbocycles. The van der Waals surface area contributed by atoms with Crippen LogP contribution in [0.15, 0.2) is 72.9 Å². The normalized spacial score (nSPS) is 13.7. The fourth-order valence-electron chi connectivity index (χ4n) is 3.50. The van der Waals surface area contributed by atoms with Crippen LogP contribution in [-0.2, 0) is 4.79 Å². The second-order valence-electron chi connectivity index (χ2n) is 7.40. The molecular weight excluding hydrogens is 386 g/mol. The summed E-state index contributed by atoms with van der Waals surface area (Å²) in [7, 11) is 0. The molecule has 5 nitrogen and oxygen atoms in total. The van der Waals surface area contributed by atoms with Gasteiger partial charge in [-0.05, 0) is 73.4 Å². The number of carbonyl (C=O) groups excluding carboxylic acids is 2. The molecule has 1 N–H and O–H groups in total. The highest BCUT2D eigenvalue weighted by Crippen LogP contribution is 2.21. The van der Waals surface area contributed by atoms with E-state index in [2.05, 4.69) is 22.1 Å². The third-order valence-electron chi connectivity index (χ3n) is 5.13. The van der Waals surface area contributed by atoms with Gasteiger partial charge >= 0.3 is 0 Å². The summed E-state index contributed by atoms with van der Waals surface area (Å²) in [5.74, 6) is 6.02. The molecule has 1 aliphatic heterocycles. The Kier molecular flexibility index (Phi) is 6.39. The molecule has 0 atom stereocenters. The maximum atomic E-state index is 12.7. The van der Waals surface area contributed by atoms with E-state index in [0.717, 1.165) is 37.1 Å². The third-order valence-corrected chi connectivity index (χ3v) is 5.13. The second kappa shape index (κ2) is 9.73. The van der Waals surface area contributed by atoms with Gasteiger partial charge in [0.25, 0.3) is 5.91 Å². The van der Waals surface area contributed by atoms with Crippen LogP contribution >= 0.6 is 0 Å². The first-order chi connectivity index (χ1) is 15.2. The van der Waals surface area contributed by atoms with Gasteiger partial charge in [0.05, 0.1) is 0 Å². The molecule has 1 aromatic heterocycles. The highest BCUT2D eigenvalue weighted by molar-refractivity contribution is 6.04. The van der Waals surface area contributed by atoms with Gasteiger partial charge < -0.3 is 10.2 Å². The molecular formula is C26H23N3O2. The Morgan fingerprint density at radius 3 is 2.61 bits per heavy atom. The van der Waals surface area contributed by atoms with Crippen LogP contribution in [0.3, 0.4) is 0 Å². The fraction of sp³-hybridized carbons (Fsp3) is 0.192. The standard InChI is InChI=1S/C26H23N3O2/c30-25-10-2-1-5-18-29(25)24-15-12-21(13-16-24)26(31)28-23-9-6-7-20(19-23)11-14-22-8-3-4-17-27-22/h3-4,6-9,12-13,15-17,19H,1-2,5,10,18H2,(H,28,31). The van der Waals surface area contributed by atoms with Crippen molar-refractivity contribution >= 4 is 23.2 Å². The van der Waals surface area contributed by atoms with Gasteiger partial charge in [0.1, 0.15) is 5.69 Å². The van der Waals surface area contributed by atoms with Gasteiger partial charge in [-0.15, -0.1) is 0 Å². The summed E-state index contributed by atoms with van der Waals surface area (Å²) in [4.78, 5) is 31.0. The summed E-state index contributed by atoms with van der Waals surface area (Å²) in [6.07, 6.45) is 5.32. The number of aromatic nitrogens is 1. The van der Waals surface area contributed by atoms with Gasteiger partial charge in [-0.1, -0.05) is 24.5 Å². The molecule has 31 heavy (non-hydrogen) atoms. The average molecular weight is 409 g/mol. The molecule has 2 heterocycles. The zero-order chi connectivity index (χ0) is 21.5. The summed E-state index contributed by atoms with van der Waals surface area (Å²) in [5, 5.41) is 2.91. The summed E-state index contributed by atoms with van der Waals surface area (Å²) < 4.78 is 0. The lowest BCUT2D eigenvalue weighted by Gasteiger charge is -2.20. The second-order valence-corrected chi connectivity index (χ2v) is 7.40. The number of anilines is 2. The molecule has 0 bridgehead atoms. The number of rotatable bonds is 3. The molecule has 154 valence electrons. The van der Waals surface area contributed by atoms with Gasteiger partial charge in [-0.25, -0.2) is 4.98 Å². The smallest absolute Gasteiger partial charge is 0.255 e. The minimum absolute atomic E-state index is 0.151. The maximum Gasteiger partial charge on any atom is 0.255 e. The van der Waals surface area contributed by atoms with Gasteiger partial charge in [-0.2, -0.15) is 0 Å². The van der Waals surface area contributed by atoms with E-state index in [0.29, 0.717) is 23.4 Å². The lowest BCUT2D eigenvalue weighted by Crippen LogP contribution is -2.29. The Labute approximate surface area is 182 Å². The topological polar surface area (TPSA) is 62.3 Å². The molecule has 0 radical (unpaired) electrons. The van der Waals surface area contributed by atoms with Gasteiger partial charge in [0.2, 0.25) is 5.91 Å². The van der Waals surface area contributed by atoms with Crippen molar-refractivity contribution in [3.05, 3.63) is 89.7 Å². The molecule has 5 heteroatoms. The molecule has 3 aromatic rings. The zero-order valence-electron chi connectivity index (χ0n) is 17.2. The molecule has 0 unspecified atom stereocenters. The zero-order valence-corrected chi connectivity index (χ0v) is 17.2. The van der Waals surface area contributed by atoms with E-state index < -0.39 is 0 Å². The minimum atomic E-state index is -0.205. The van der Waals surface area contributed by atoms with E-state index in [1.807, 2.05) is 59.5 Å². The Morgan fingerprint density at radius 1 is 0.935 bits per heavy atom. The van der Waals surface area contributed by atoms with E-state index in [9.17, 15) is 9.59 Å². The van der Waals surface area contributed by atoms with Crippen LogP contribution in [0.25, 0.3) is 0 Å². The van der Waals surface area contributed by atoms with Crippen LogP contribution < -0.4 is 10.2 Å². The van der Waals surface area contributed by atoms with Crippen molar-refractivity contribution in [2.24, 2.45) is 0 Å². The van der Waals surface area contributed by atoms with Crippen molar-refractivity contribution in [2.45, 2.75) is 25.7 Å². The van der Waals surface area contributed by atoms with Crippen LogP contribution in [0.1, 0.15) is 47.3 Å². The quantitative estimate of drug-likeness (QED) is 0.641. The van der Waals surface area contributed by atoms with Crippen molar-refractivity contribution in [1.29, 1.82) is 0 Å². The first-order valence-corrected chi connectivity index (χ1v) is 10.4.